The van der Waals surface area contributed by atoms with Crippen molar-refractivity contribution in [3.8, 4) is 0 Å². The van der Waals surface area contributed by atoms with E-state index in [1.54, 1.807) is 12.4 Å². The molecule has 1 saturated heterocycles. The Kier molecular flexibility index (Phi) is 5.20. The van der Waals surface area contributed by atoms with Gasteiger partial charge in [-0.25, -0.2) is 0 Å². The number of hydrogen-bond acceptors (Lipinski definition) is 5. The Bertz CT molecular complexity index is 739. The van der Waals surface area contributed by atoms with Gasteiger partial charge < -0.3 is 15.0 Å². The number of fused-ring (bicyclic) bond motifs is 1. The van der Waals surface area contributed by atoms with E-state index in [0.29, 0.717) is 11.7 Å². The second kappa shape index (κ2) is 7.53. The van der Waals surface area contributed by atoms with Crippen molar-refractivity contribution in [2.75, 3.05) is 25.0 Å². The zero-order chi connectivity index (χ0) is 16.9. The van der Waals surface area contributed by atoms with Gasteiger partial charge in [-0.1, -0.05) is 12.1 Å². The average Bonchev–Trinajstić information content (AvgIpc) is 2.62. The van der Waals surface area contributed by atoms with Gasteiger partial charge in [-0.2, -0.15) is 10.2 Å². The topological polar surface area (TPSA) is 67.3 Å². The predicted molar refractivity (Wildman–Crippen MR) is 96.7 cm³/mol. The molecule has 0 saturated carbocycles. The van der Waals surface area contributed by atoms with Crippen LogP contribution in [-0.2, 0) is 9.53 Å². The summed E-state index contributed by atoms with van der Waals surface area (Å²) in [6.07, 6.45) is 4.99. The minimum absolute atomic E-state index is 0.0168. The van der Waals surface area contributed by atoms with E-state index >= 15 is 0 Å². The number of likely N-dealkylation sites (tertiary alicyclic amines) is 1. The van der Waals surface area contributed by atoms with E-state index in [-0.39, 0.29) is 11.9 Å². The van der Waals surface area contributed by atoms with Crippen molar-refractivity contribution in [2.24, 2.45) is 5.92 Å². The Labute approximate surface area is 146 Å². The lowest BCUT2D eigenvalue weighted by Gasteiger charge is -2.33. The molecule has 1 fully saturated rings. The number of aromatic nitrogens is 2. The van der Waals surface area contributed by atoms with Crippen LogP contribution in [0.5, 0.6) is 0 Å². The van der Waals surface area contributed by atoms with Crippen molar-refractivity contribution in [3.05, 3.63) is 30.6 Å². The normalized spacial score (nSPS) is 15.3. The zero-order valence-electron chi connectivity index (χ0n) is 13.6. The van der Waals surface area contributed by atoms with Gasteiger partial charge >= 0.3 is 5.97 Å². The van der Waals surface area contributed by atoms with E-state index in [4.69, 9.17) is 17.0 Å². The summed E-state index contributed by atoms with van der Waals surface area (Å²) in [6, 6.07) is 5.92. The second-order valence-electron chi connectivity index (χ2n) is 5.74. The minimum Gasteiger partial charge on any atom is -0.466 e. The maximum Gasteiger partial charge on any atom is 0.309 e. The molecule has 2 aromatic rings. The number of piperidine rings is 1. The summed E-state index contributed by atoms with van der Waals surface area (Å²) in [5.41, 5.74) is 0.917. The Hall–Kier alpha value is -2.28. The molecule has 1 aliphatic heterocycles. The molecule has 0 atom stereocenters. The molecule has 0 aliphatic carbocycles. The summed E-state index contributed by atoms with van der Waals surface area (Å²) >= 11 is 5.54. The van der Waals surface area contributed by atoms with Crippen LogP contribution in [0, 0.1) is 5.92 Å². The van der Waals surface area contributed by atoms with Crippen molar-refractivity contribution in [1.29, 1.82) is 0 Å². The molecule has 0 spiro atoms. The second-order valence-corrected chi connectivity index (χ2v) is 6.13. The maximum atomic E-state index is 11.8. The van der Waals surface area contributed by atoms with Gasteiger partial charge in [-0.05, 0) is 38.0 Å². The van der Waals surface area contributed by atoms with Gasteiger partial charge in [0.2, 0.25) is 0 Å². The van der Waals surface area contributed by atoms with Gasteiger partial charge in [0.05, 0.1) is 24.9 Å². The third kappa shape index (κ3) is 3.62. The molecular weight excluding hydrogens is 324 g/mol. The number of rotatable bonds is 3. The molecule has 6 nitrogen and oxygen atoms in total. The summed E-state index contributed by atoms with van der Waals surface area (Å²) in [5, 5.41) is 13.8. The van der Waals surface area contributed by atoms with Crippen molar-refractivity contribution in [2.45, 2.75) is 19.8 Å². The summed E-state index contributed by atoms with van der Waals surface area (Å²) in [4.78, 5) is 13.9. The van der Waals surface area contributed by atoms with Gasteiger partial charge in [-0.3, -0.25) is 4.79 Å². The lowest BCUT2D eigenvalue weighted by atomic mass is 9.97. The van der Waals surface area contributed by atoms with Crippen LogP contribution >= 0.6 is 12.2 Å². The highest BCUT2D eigenvalue weighted by Gasteiger charge is 2.27. The van der Waals surface area contributed by atoms with Crippen LogP contribution in [0.25, 0.3) is 10.8 Å². The summed E-state index contributed by atoms with van der Waals surface area (Å²) in [7, 11) is 0. The molecule has 1 aromatic carbocycles. The molecule has 1 aromatic heterocycles. The molecule has 0 bridgehead atoms. The molecule has 3 rings (SSSR count). The molecule has 0 unspecified atom stereocenters. The van der Waals surface area contributed by atoms with Gasteiger partial charge in [0.25, 0.3) is 0 Å². The standard InChI is InChI=1S/C17H20N4O2S/c1-2-23-16(22)12-6-8-21(9-7-12)17(24)20-15-5-3-4-13-10-18-19-11-14(13)15/h3-5,10-12H,2,6-9H2,1H3,(H,20,24). The Morgan fingerprint density at radius 1 is 1.33 bits per heavy atom. The van der Waals surface area contributed by atoms with E-state index in [1.807, 2.05) is 25.1 Å². The zero-order valence-corrected chi connectivity index (χ0v) is 14.4. The van der Waals surface area contributed by atoms with Crippen LogP contribution in [0.2, 0.25) is 0 Å². The van der Waals surface area contributed by atoms with Crippen LogP contribution < -0.4 is 5.32 Å². The number of esters is 1. The highest BCUT2D eigenvalue weighted by atomic mass is 32.1. The Balaban J connectivity index is 1.63. The third-order valence-electron chi connectivity index (χ3n) is 4.23. The Morgan fingerprint density at radius 2 is 2.08 bits per heavy atom. The van der Waals surface area contributed by atoms with Crippen LogP contribution in [0.3, 0.4) is 0 Å². The van der Waals surface area contributed by atoms with Crippen LogP contribution in [0.15, 0.2) is 30.6 Å². The van der Waals surface area contributed by atoms with E-state index in [9.17, 15) is 4.79 Å². The number of carbonyl (C=O) groups excluding carboxylic acids is 1. The first kappa shape index (κ1) is 16.6. The first-order valence-corrected chi connectivity index (χ1v) is 8.52. The van der Waals surface area contributed by atoms with E-state index in [0.717, 1.165) is 42.4 Å². The van der Waals surface area contributed by atoms with Crippen molar-refractivity contribution >= 4 is 39.8 Å². The van der Waals surface area contributed by atoms with Gasteiger partial charge in [0, 0.05) is 29.5 Å². The quantitative estimate of drug-likeness (QED) is 0.678. The van der Waals surface area contributed by atoms with Crippen LogP contribution in [-0.4, -0.2) is 45.9 Å². The molecule has 24 heavy (non-hydrogen) atoms. The van der Waals surface area contributed by atoms with Gasteiger partial charge in [-0.15, -0.1) is 0 Å². The molecule has 0 amide bonds. The molecule has 0 radical (unpaired) electrons. The number of ether oxygens (including phenoxy) is 1. The molecule has 1 aliphatic rings. The number of thiocarbonyl (C=S) groups is 1. The van der Waals surface area contributed by atoms with Crippen molar-refractivity contribution in [3.63, 3.8) is 0 Å². The monoisotopic (exact) mass is 344 g/mol. The molecule has 1 N–H and O–H groups in total. The number of carbonyl (C=O) groups is 1. The van der Waals surface area contributed by atoms with Gasteiger partial charge in [0.15, 0.2) is 5.11 Å². The number of nitrogens with one attached hydrogen (secondary N) is 1. The van der Waals surface area contributed by atoms with Crippen molar-refractivity contribution < 1.29 is 9.53 Å². The number of benzene rings is 1. The predicted octanol–water partition coefficient (Wildman–Crippen LogP) is 2.60. The summed E-state index contributed by atoms with van der Waals surface area (Å²) < 4.78 is 5.10. The highest BCUT2D eigenvalue weighted by molar-refractivity contribution is 7.80. The molecule has 126 valence electrons. The van der Waals surface area contributed by atoms with E-state index < -0.39 is 0 Å². The number of anilines is 1. The van der Waals surface area contributed by atoms with E-state index in [1.165, 1.54) is 0 Å². The number of nitrogens with zero attached hydrogens (tertiary/aromatic N) is 3. The largest absolute Gasteiger partial charge is 0.466 e. The lowest BCUT2D eigenvalue weighted by molar-refractivity contribution is -0.149. The van der Waals surface area contributed by atoms with Gasteiger partial charge in [0.1, 0.15) is 0 Å². The number of hydrogen-bond donors (Lipinski definition) is 1. The third-order valence-corrected chi connectivity index (χ3v) is 4.59. The van der Waals surface area contributed by atoms with Crippen molar-refractivity contribution in [1.82, 2.24) is 15.1 Å². The fourth-order valence-electron chi connectivity index (χ4n) is 2.91. The smallest absolute Gasteiger partial charge is 0.309 e. The minimum atomic E-state index is -0.0938. The Morgan fingerprint density at radius 3 is 2.83 bits per heavy atom. The fraction of sp³-hybridized carbons (Fsp3) is 0.412. The maximum absolute atomic E-state index is 11.8. The lowest BCUT2D eigenvalue weighted by Crippen LogP contribution is -2.42. The first-order valence-electron chi connectivity index (χ1n) is 8.11. The fourth-order valence-corrected chi connectivity index (χ4v) is 3.20. The van der Waals surface area contributed by atoms with Crippen LogP contribution in [0.1, 0.15) is 19.8 Å². The molecule has 2 heterocycles. The molecule has 7 heteroatoms. The average molecular weight is 344 g/mol. The van der Waals surface area contributed by atoms with Crippen LogP contribution in [0.4, 0.5) is 5.69 Å². The highest BCUT2D eigenvalue weighted by Crippen LogP contribution is 2.23. The molecular formula is C17H20N4O2S. The first-order chi connectivity index (χ1) is 11.7. The van der Waals surface area contributed by atoms with E-state index in [2.05, 4.69) is 20.4 Å². The summed E-state index contributed by atoms with van der Waals surface area (Å²) in [6.45, 7) is 3.77. The summed E-state index contributed by atoms with van der Waals surface area (Å²) in [5.74, 6) is -0.111. The SMILES string of the molecule is CCOC(=O)C1CCN(C(=S)Nc2cccc3cnncc23)CC1.